The van der Waals surface area contributed by atoms with Crippen molar-refractivity contribution in [2.75, 3.05) is 24.8 Å². The van der Waals surface area contributed by atoms with Crippen LogP contribution < -0.4 is 11.4 Å². The zero-order valence-corrected chi connectivity index (χ0v) is 17.0. The van der Waals surface area contributed by atoms with Gasteiger partial charge in [0.1, 0.15) is 17.5 Å². The third-order valence-electron chi connectivity index (χ3n) is 4.30. The van der Waals surface area contributed by atoms with Crippen molar-refractivity contribution in [3.05, 3.63) is 22.7 Å². The molecule has 13 heteroatoms. The van der Waals surface area contributed by atoms with Crippen molar-refractivity contribution >= 4 is 25.0 Å². The molecule has 1 fully saturated rings. The number of aliphatic hydroxyl groups excluding tert-OH is 1. The van der Waals surface area contributed by atoms with Crippen LogP contribution in [0.3, 0.4) is 0 Å². The number of aromatic nitrogens is 2. The highest BCUT2D eigenvalue weighted by molar-refractivity contribution is 7.54. The minimum absolute atomic E-state index is 0.0861. The summed E-state index contributed by atoms with van der Waals surface area (Å²) in [7, 11) is -4.21. The normalized spacial score (nSPS) is 29.1. The van der Waals surface area contributed by atoms with Crippen LogP contribution in [0.25, 0.3) is 0 Å². The first kappa shape index (κ1) is 23.2. The number of halogens is 3. The van der Waals surface area contributed by atoms with E-state index in [-0.39, 0.29) is 19.0 Å². The van der Waals surface area contributed by atoms with Gasteiger partial charge in [-0.1, -0.05) is 0 Å². The van der Waals surface area contributed by atoms with Crippen molar-refractivity contribution in [3.8, 4) is 0 Å². The predicted molar refractivity (Wildman–Crippen MR) is 97.8 cm³/mol. The minimum atomic E-state index is -4.21. The van der Waals surface area contributed by atoms with Crippen LogP contribution in [-0.4, -0.2) is 57.5 Å². The van der Waals surface area contributed by atoms with Gasteiger partial charge in [-0.3, -0.25) is 9.13 Å². The Kier molecular flexibility index (Phi) is 7.57. The minimum Gasteiger partial charge on any atom is -0.387 e. The van der Waals surface area contributed by atoms with Gasteiger partial charge in [-0.2, -0.15) is 4.98 Å². The summed E-state index contributed by atoms with van der Waals surface area (Å²) >= 11 is 5.88. The number of rotatable bonds is 9. The average molecular weight is 446 g/mol. The number of alkyl halides is 3. The van der Waals surface area contributed by atoms with Crippen LogP contribution >= 0.6 is 19.2 Å². The lowest BCUT2D eigenvalue weighted by Gasteiger charge is -2.32. The van der Waals surface area contributed by atoms with Gasteiger partial charge in [0.25, 0.3) is 0 Å². The number of nitrogens with two attached hydrogens (primary N) is 1. The molecule has 1 unspecified atom stereocenters. The third-order valence-corrected chi connectivity index (χ3v) is 6.85. The highest BCUT2D eigenvalue weighted by Crippen LogP contribution is 2.57. The van der Waals surface area contributed by atoms with E-state index in [4.69, 9.17) is 31.1 Å². The van der Waals surface area contributed by atoms with Gasteiger partial charge in [0, 0.05) is 12.6 Å². The van der Waals surface area contributed by atoms with E-state index in [1.165, 1.54) is 19.9 Å². The zero-order chi connectivity index (χ0) is 21.1. The quantitative estimate of drug-likeness (QED) is 0.436. The number of ether oxygens (including phenoxy) is 1. The molecule has 3 N–H and O–H groups in total. The molecule has 2 rings (SSSR count). The molecule has 160 valence electrons. The molecular weight excluding hydrogens is 423 g/mol. The Bertz CT molecular complexity index is 776. The van der Waals surface area contributed by atoms with Gasteiger partial charge in [0.15, 0.2) is 12.4 Å². The highest BCUT2D eigenvalue weighted by Gasteiger charge is 2.58. The number of anilines is 1. The number of hydrogen-bond donors (Lipinski definition) is 2. The Hall–Kier alpha value is -1.10. The number of nitrogen functional groups attached to an aromatic ring is 1. The van der Waals surface area contributed by atoms with Crippen LogP contribution in [0.15, 0.2) is 17.1 Å². The molecule has 1 aromatic heterocycles. The summed E-state index contributed by atoms with van der Waals surface area (Å²) in [6, 6.07) is 1.24. The molecule has 0 radical (unpaired) electrons. The lowest BCUT2D eigenvalue weighted by atomic mass is 9.94. The summed E-state index contributed by atoms with van der Waals surface area (Å²) in [5.74, 6) is -2.87. The molecule has 0 spiro atoms. The van der Waals surface area contributed by atoms with E-state index in [0.29, 0.717) is 0 Å². The van der Waals surface area contributed by atoms with E-state index in [2.05, 4.69) is 4.98 Å². The molecule has 1 aliphatic heterocycles. The fraction of sp³-hybridized carbons (Fsp3) is 0.733. The maximum Gasteiger partial charge on any atom is 0.364 e. The Labute approximate surface area is 165 Å². The lowest BCUT2D eigenvalue weighted by molar-refractivity contribution is -0.101. The van der Waals surface area contributed by atoms with E-state index in [0.717, 1.165) is 10.8 Å². The largest absolute Gasteiger partial charge is 0.387 e. The molecule has 0 aromatic carbocycles. The van der Waals surface area contributed by atoms with Crippen LogP contribution in [0, 0.1) is 0 Å². The fourth-order valence-corrected chi connectivity index (χ4v) is 4.92. The number of aliphatic hydroxyl groups is 1. The Morgan fingerprint density at radius 3 is 2.61 bits per heavy atom. The van der Waals surface area contributed by atoms with Gasteiger partial charge >= 0.3 is 13.3 Å². The van der Waals surface area contributed by atoms with Gasteiger partial charge < -0.3 is 24.6 Å². The second kappa shape index (κ2) is 9.15. The Balaban J connectivity index is 2.33. The van der Waals surface area contributed by atoms with Crippen LogP contribution in [0.4, 0.5) is 14.6 Å². The van der Waals surface area contributed by atoms with Crippen molar-refractivity contribution in [3.63, 3.8) is 0 Å². The molecular formula is C15H23ClF2N3O6P. The van der Waals surface area contributed by atoms with E-state index >= 15 is 0 Å². The molecule has 0 aliphatic carbocycles. The Morgan fingerprint density at radius 2 is 2.11 bits per heavy atom. The maximum absolute atomic E-state index is 14.9. The topological polar surface area (TPSA) is 126 Å². The smallest absolute Gasteiger partial charge is 0.364 e. The van der Waals surface area contributed by atoms with Gasteiger partial charge in [-0.25, -0.2) is 13.6 Å². The van der Waals surface area contributed by atoms with Crippen molar-refractivity contribution in [2.24, 2.45) is 0 Å². The average Bonchev–Trinajstić information content (AvgIpc) is 2.88. The monoisotopic (exact) mass is 445 g/mol. The van der Waals surface area contributed by atoms with E-state index in [1.54, 1.807) is 0 Å². The van der Waals surface area contributed by atoms with Crippen molar-refractivity contribution < 1.29 is 32.2 Å². The van der Waals surface area contributed by atoms with Crippen molar-refractivity contribution in [1.29, 1.82) is 0 Å². The maximum atomic E-state index is 14.9. The molecule has 9 nitrogen and oxygen atoms in total. The van der Waals surface area contributed by atoms with Gasteiger partial charge in [-0.05, 0) is 19.9 Å². The summed E-state index contributed by atoms with van der Waals surface area (Å²) in [6.07, 6.45) is -5.30. The standard InChI is InChI=1S/C15H23ClF2N3O6P/c1-3-25-28(24,26-4-2)9(17)7-15(8-16)12(22)11(18)13(27-15)21-6-5-10(19)20-14(21)23/h5-6,9,11-13,22H,3-4,7-8H2,1-2H3,(H2,19,20,23)/t9?,11-,12+,13-,15+/m1/s1. The molecule has 2 heterocycles. The summed E-state index contributed by atoms with van der Waals surface area (Å²) in [4.78, 5) is 15.4. The van der Waals surface area contributed by atoms with E-state index < -0.39 is 55.6 Å². The van der Waals surface area contributed by atoms with Gasteiger partial charge in [0.2, 0.25) is 5.91 Å². The second-order valence-corrected chi connectivity index (χ2v) is 8.58. The fourth-order valence-electron chi connectivity index (χ4n) is 2.94. The summed E-state index contributed by atoms with van der Waals surface area (Å²) < 4.78 is 58.4. The van der Waals surface area contributed by atoms with Crippen LogP contribution in [0.2, 0.25) is 0 Å². The first-order valence-corrected chi connectivity index (χ1v) is 10.7. The molecule has 0 amide bonds. The highest BCUT2D eigenvalue weighted by atomic mass is 35.5. The lowest BCUT2D eigenvalue weighted by Crippen LogP contribution is -2.46. The van der Waals surface area contributed by atoms with Gasteiger partial charge in [-0.15, -0.1) is 11.6 Å². The Morgan fingerprint density at radius 1 is 1.50 bits per heavy atom. The first-order valence-electron chi connectivity index (χ1n) is 8.57. The first-order chi connectivity index (χ1) is 13.1. The molecule has 28 heavy (non-hydrogen) atoms. The molecule has 1 saturated heterocycles. The SMILES string of the molecule is CCOP(=O)(OCC)C(F)C[C@@]1(CCl)O[C@@H](n2ccc(N)nc2=O)[C@H](F)[C@@H]1O. The number of hydrogen-bond acceptors (Lipinski definition) is 8. The zero-order valence-electron chi connectivity index (χ0n) is 15.3. The molecule has 1 aromatic rings. The van der Waals surface area contributed by atoms with Crippen LogP contribution in [0.1, 0.15) is 26.5 Å². The molecule has 0 bridgehead atoms. The third kappa shape index (κ3) is 4.39. The van der Waals surface area contributed by atoms with Gasteiger partial charge in [0.05, 0.1) is 19.1 Å². The van der Waals surface area contributed by atoms with Crippen molar-refractivity contribution in [2.45, 2.75) is 50.3 Å². The summed E-state index contributed by atoms with van der Waals surface area (Å²) in [5.41, 5.74) is 2.50. The molecule has 0 saturated carbocycles. The predicted octanol–water partition coefficient (Wildman–Crippen LogP) is 1.98. The van der Waals surface area contributed by atoms with Crippen LogP contribution in [0.5, 0.6) is 0 Å². The molecule has 1 aliphatic rings. The number of nitrogens with zero attached hydrogens (tertiary/aromatic N) is 2. The van der Waals surface area contributed by atoms with E-state index in [9.17, 15) is 23.2 Å². The summed E-state index contributed by atoms with van der Waals surface area (Å²) in [5, 5.41) is 10.4. The van der Waals surface area contributed by atoms with Crippen molar-refractivity contribution in [1.82, 2.24) is 9.55 Å². The van der Waals surface area contributed by atoms with Crippen LogP contribution in [-0.2, 0) is 18.3 Å². The summed E-state index contributed by atoms with van der Waals surface area (Å²) in [6.45, 7) is 2.83. The van der Waals surface area contributed by atoms with E-state index in [1.807, 2.05) is 0 Å². The molecule has 5 atom stereocenters. The second-order valence-electron chi connectivity index (χ2n) is 6.15.